The van der Waals surface area contributed by atoms with Gasteiger partial charge in [-0.15, -0.1) is 0 Å². The predicted octanol–water partition coefficient (Wildman–Crippen LogP) is 4.41. The van der Waals surface area contributed by atoms with Crippen molar-refractivity contribution in [1.29, 1.82) is 0 Å². The van der Waals surface area contributed by atoms with E-state index < -0.39 is 0 Å². The summed E-state index contributed by atoms with van der Waals surface area (Å²) in [5, 5.41) is 4.12. The zero-order valence-corrected chi connectivity index (χ0v) is 15.3. The number of rotatable bonds is 5. The number of amides is 1. The average Bonchev–Trinajstić information content (AvgIpc) is 3.39. The first-order valence-electron chi connectivity index (χ1n) is 9.96. The Morgan fingerprint density at radius 1 is 1.08 bits per heavy atom. The van der Waals surface area contributed by atoms with Crippen molar-refractivity contribution in [3.05, 3.63) is 36.2 Å². The zero-order valence-electron chi connectivity index (χ0n) is 15.3. The maximum Gasteiger partial charge on any atom is 0.230 e. The maximum absolute atomic E-state index is 12.5. The molecule has 2 aromatic rings. The Labute approximate surface area is 154 Å². The Kier molecular flexibility index (Phi) is 5.32. The number of benzene rings is 1. The monoisotopic (exact) mass is 353 g/mol. The van der Waals surface area contributed by atoms with Crippen LogP contribution in [0.4, 0.5) is 0 Å². The van der Waals surface area contributed by atoms with Crippen LogP contribution < -0.4 is 0 Å². The summed E-state index contributed by atoms with van der Waals surface area (Å²) in [4.78, 5) is 19.1. The molecule has 1 saturated carbocycles. The number of piperidine rings is 1. The highest BCUT2D eigenvalue weighted by atomic mass is 16.5. The summed E-state index contributed by atoms with van der Waals surface area (Å²) in [6.45, 7) is 1.61. The van der Waals surface area contributed by atoms with Gasteiger partial charge in [0, 0.05) is 31.0 Å². The minimum absolute atomic E-state index is 0.263. The molecule has 0 bridgehead atoms. The van der Waals surface area contributed by atoms with Gasteiger partial charge in [0.05, 0.1) is 0 Å². The van der Waals surface area contributed by atoms with Crippen LogP contribution in [0.3, 0.4) is 0 Å². The van der Waals surface area contributed by atoms with Crippen LogP contribution >= 0.6 is 0 Å². The van der Waals surface area contributed by atoms with E-state index in [1.807, 2.05) is 35.2 Å². The van der Waals surface area contributed by atoms with Crippen molar-refractivity contribution >= 4 is 5.91 Å². The molecule has 138 valence electrons. The van der Waals surface area contributed by atoms with Gasteiger partial charge in [-0.25, -0.2) is 0 Å². The van der Waals surface area contributed by atoms with Gasteiger partial charge in [-0.05, 0) is 25.2 Å². The van der Waals surface area contributed by atoms with Crippen LogP contribution in [0.5, 0.6) is 0 Å². The van der Waals surface area contributed by atoms with Crippen LogP contribution in [0.15, 0.2) is 34.9 Å². The lowest BCUT2D eigenvalue weighted by molar-refractivity contribution is -0.132. The number of hydrogen-bond donors (Lipinski definition) is 0. The lowest BCUT2D eigenvalue weighted by Crippen LogP contribution is -2.38. The highest BCUT2D eigenvalue weighted by molar-refractivity contribution is 5.76. The van der Waals surface area contributed by atoms with Gasteiger partial charge < -0.3 is 9.42 Å². The first-order chi connectivity index (χ1) is 12.8. The number of carbonyl (C=O) groups excluding carboxylic acids is 1. The molecule has 2 heterocycles. The predicted molar refractivity (Wildman–Crippen MR) is 99.5 cm³/mol. The summed E-state index contributed by atoms with van der Waals surface area (Å²) in [6.07, 6.45) is 8.93. The van der Waals surface area contributed by atoms with E-state index in [9.17, 15) is 4.79 Å². The third-order valence-corrected chi connectivity index (χ3v) is 5.91. The maximum atomic E-state index is 12.5. The number of likely N-dealkylation sites (tertiary alicyclic amines) is 1. The number of aromatic nitrogens is 2. The van der Waals surface area contributed by atoms with Crippen molar-refractivity contribution in [2.45, 2.75) is 57.3 Å². The Morgan fingerprint density at radius 2 is 1.81 bits per heavy atom. The molecular formula is C21H27N3O2. The topological polar surface area (TPSA) is 59.2 Å². The van der Waals surface area contributed by atoms with Gasteiger partial charge in [-0.3, -0.25) is 4.79 Å². The molecular weight excluding hydrogens is 326 g/mol. The molecule has 4 rings (SSSR count). The lowest BCUT2D eigenvalue weighted by atomic mass is 9.95. The summed E-state index contributed by atoms with van der Waals surface area (Å²) in [7, 11) is 0. The second-order valence-corrected chi connectivity index (χ2v) is 7.67. The Hall–Kier alpha value is -2.17. The van der Waals surface area contributed by atoms with Gasteiger partial charge in [0.15, 0.2) is 0 Å². The van der Waals surface area contributed by atoms with Gasteiger partial charge in [0.2, 0.25) is 17.6 Å². The van der Waals surface area contributed by atoms with E-state index in [-0.39, 0.29) is 5.92 Å². The summed E-state index contributed by atoms with van der Waals surface area (Å²) >= 11 is 0. The largest absolute Gasteiger partial charge is 0.343 e. The van der Waals surface area contributed by atoms with Crippen molar-refractivity contribution in [3.63, 3.8) is 0 Å². The van der Waals surface area contributed by atoms with E-state index in [2.05, 4.69) is 10.1 Å². The van der Waals surface area contributed by atoms with E-state index in [4.69, 9.17) is 4.52 Å². The molecule has 0 unspecified atom stereocenters. The number of nitrogens with zero attached hydrogens (tertiary/aromatic N) is 3. The molecule has 1 aromatic carbocycles. The Bertz CT molecular complexity index is 714. The molecule has 2 fully saturated rings. The fourth-order valence-electron chi connectivity index (χ4n) is 4.27. The van der Waals surface area contributed by atoms with E-state index >= 15 is 0 Å². The molecule has 1 aliphatic heterocycles. The summed E-state index contributed by atoms with van der Waals surface area (Å²) < 4.78 is 5.50. The van der Waals surface area contributed by atoms with Crippen molar-refractivity contribution in [2.24, 2.45) is 5.92 Å². The second-order valence-electron chi connectivity index (χ2n) is 7.67. The van der Waals surface area contributed by atoms with Crippen LogP contribution in [0.2, 0.25) is 0 Å². The molecule has 2 aliphatic rings. The molecule has 0 spiro atoms. The molecule has 5 nitrogen and oxygen atoms in total. The summed E-state index contributed by atoms with van der Waals surface area (Å²) in [5.41, 5.74) is 0.974. The highest BCUT2D eigenvalue weighted by Crippen LogP contribution is 2.31. The van der Waals surface area contributed by atoms with Crippen molar-refractivity contribution in [3.8, 4) is 11.4 Å². The third kappa shape index (κ3) is 3.97. The fraction of sp³-hybridized carbons (Fsp3) is 0.571. The lowest BCUT2D eigenvalue weighted by Gasteiger charge is -2.30. The van der Waals surface area contributed by atoms with E-state index in [1.165, 1.54) is 25.7 Å². The minimum Gasteiger partial charge on any atom is -0.343 e. The van der Waals surface area contributed by atoms with Gasteiger partial charge in [0.1, 0.15) is 0 Å². The molecule has 1 aromatic heterocycles. The Balaban J connectivity index is 1.28. The number of carbonyl (C=O) groups is 1. The normalized spacial score (nSPS) is 19.2. The van der Waals surface area contributed by atoms with Gasteiger partial charge >= 0.3 is 0 Å². The summed E-state index contributed by atoms with van der Waals surface area (Å²) in [5.74, 6) is 2.73. The smallest absolute Gasteiger partial charge is 0.230 e. The average molecular weight is 353 g/mol. The van der Waals surface area contributed by atoms with Crippen LogP contribution in [0.25, 0.3) is 11.4 Å². The van der Waals surface area contributed by atoms with Crippen molar-refractivity contribution in [2.75, 3.05) is 13.1 Å². The third-order valence-electron chi connectivity index (χ3n) is 5.91. The molecule has 0 atom stereocenters. The Morgan fingerprint density at radius 3 is 2.54 bits per heavy atom. The van der Waals surface area contributed by atoms with Crippen LogP contribution in [-0.4, -0.2) is 34.0 Å². The van der Waals surface area contributed by atoms with Crippen LogP contribution in [-0.2, 0) is 4.79 Å². The minimum atomic E-state index is 0.263. The second kappa shape index (κ2) is 8.02. The standard InChI is InChI=1S/C21H27N3O2/c25-19(11-10-16-6-4-5-7-16)24-14-12-18(13-15-24)21-22-20(23-26-21)17-8-2-1-3-9-17/h1-3,8-9,16,18H,4-7,10-15H2. The SMILES string of the molecule is O=C(CCC1CCCC1)N1CCC(c2nc(-c3ccccc3)no2)CC1. The van der Waals surface area contributed by atoms with Crippen LogP contribution in [0, 0.1) is 5.92 Å². The molecule has 0 radical (unpaired) electrons. The summed E-state index contributed by atoms with van der Waals surface area (Å²) in [6, 6.07) is 9.90. The van der Waals surface area contributed by atoms with Gasteiger partial charge in [-0.2, -0.15) is 4.98 Å². The van der Waals surface area contributed by atoms with Crippen molar-refractivity contribution in [1.82, 2.24) is 15.0 Å². The van der Waals surface area contributed by atoms with Crippen molar-refractivity contribution < 1.29 is 9.32 Å². The van der Waals surface area contributed by atoms with Crippen LogP contribution in [0.1, 0.15) is 63.2 Å². The van der Waals surface area contributed by atoms with Gasteiger partial charge in [0.25, 0.3) is 0 Å². The quantitative estimate of drug-likeness (QED) is 0.799. The highest BCUT2D eigenvalue weighted by Gasteiger charge is 2.28. The number of hydrogen-bond acceptors (Lipinski definition) is 4. The van der Waals surface area contributed by atoms with E-state index in [0.717, 1.165) is 43.8 Å². The fourth-order valence-corrected chi connectivity index (χ4v) is 4.27. The zero-order chi connectivity index (χ0) is 17.8. The first kappa shape index (κ1) is 17.3. The molecule has 1 aliphatic carbocycles. The molecule has 5 heteroatoms. The van der Waals surface area contributed by atoms with E-state index in [1.54, 1.807) is 0 Å². The first-order valence-corrected chi connectivity index (χ1v) is 9.96. The molecule has 0 N–H and O–H groups in total. The molecule has 1 amide bonds. The van der Waals surface area contributed by atoms with Gasteiger partial charge in [-0.1, -0.05) is 61.2 Å². The molecule has 26 heavy (non-hydrogen) atoms. The van der Waals surface area contributed by atoms with E-state index in [0.29, 0.717) is 24.0 Å². The molecule has 1 saturated heterocycles.